The topological polar surface area (TPSA) is 46.2 Å². The summed E-state index contributed by atoms with van der Waals surface area (Å²) in [5.74, 6) is 0.322. The van der Waals surface area contributed by atoms with Gasteiger partial charge in [0.1, 0.15) is 11.7 Å². The third-order valence-corrected chi connectivity index (χ3v) is 5.56. The molecule has 2 fully saturated rings. The molecule has 1 aliphatic heterocycles. The summed E-state index contributed by atoms with van der Waals surface area (Å²) in [5.41, 5.74) is 4.32. The van der Waals surface area contributed by atoms with Gasteiger partial charge in [0, 0.05) is 12.3 Å². The lowest BCUT2D eigenvalue weighted by atomic mass is 9.83. The maximum Gasteiger partial charge on any atom is 0.151 e. The number of benzene rings is 1. The largest absolute Gasteiger partial charge is 0.317 e. The van der Waals surface area contributed by atoms with Crippen LogP contribution >= 0.6 is 0 Å². The van der Waals surface area contributed by atoms with Crippen molar-refractivity contribution in [3.05, 3.63) is 34.4 Å². The smallest absolute Gasteiger partial charge is 0.151 e. The van der Waals surface area contributed by atoms with E-state index in [4.69, 9.17) is 0 Å². The summed E-state index contributed by atoms with van der Waals surface area (Å²) in [6, 6.07) is 4.17. The van der Waals surface area contributed by atoms with Gasteiger partial charge in [0.15, 0.2) is 5.78 Å². The maximum absolute atomic E-state index is 12.9. The fourth-order valence-electron chi connectivity index (χ4n) is 4.52. The van der Waals surface area contributed by atoms with Crippen LogP contribution in [0.4, 0.5) is 0 Å². The Morgan fingerprint density at radius 1 is 1.04 bits per heavy atom. The number of carbonyl (C=O) groups excluding carboxylic acids is 2. The molecule has 2 unspecified atom stereocenters. The molecule has 3 heteroatoms. The molecule has 1 saturated heterocycles. The normalized spacial score (nSPS) is 26.0. The molecule has 1 aromatic rings. The van der Waals surface area contributed by atoms with Crippen molar-refractivity contribution in [1.29, 1.82) is 0 Å². The van der Waals surface area contributed by atoms with Gasteiger partial charge in [0.2, 0.25) is 0 Å². The van der Waals surface area contributed by atoms with Crippen molar-refractivity contribution in [3.63, 3.8) is 0 Å². The van der Waals surface area contributed by atoms with E-state index in [0.29, 0.717) is 12.3 Å². The van der Waals surface area contributed by atoms with Gasteiger partial charge in [-0.3, -0.25) is 9.59 Å². The molecule has 1 N–H and O–H groups in total. The Kier molecular flexibility index (Phi) is 4.67. The molecule has 0 spiro atoms. The zero-order valence-electron chi connectivity index (χ0n) is 14.4. The van der Waals surface area contributed by atoms with Crippen molar-refractivity contribution in [2.75, 3.05) is 13.1 Å². The van der Waals surface area contributed by atoms with Crippen LogP contribution in [0.15, 0.2) is 12.1 Å². The lowest BCUT2D eigenvalue weighted by molar-refractivity contribution is -0.125. The van der Waals surface area contributed by atoms with Gasteiger partial charge in [-0.1, -0.05) is 17.7 Å². The van der Waals surface area contributed by atoms with Gasteiger partial charge in [-0.05, 0) is 75.7 Å². The van der Waals surface area contributed by atoms with Crippen molar-refractivity contribution in [1.82, 2.24) is 5.32 Å². The molecule has 0 radical (unpaired) electrons. The van der Waals surface area contributed by atoms with E-state index in [9.17, 15) is 9.59 Å². The number of ketones is 2. The Bertz CT molecular complexity index is 606. The van der Waals surface area contributed by atoms with Gasteiger partial charge in [-0.2, -0.15) is 0 Å². The van der Waals surface area contributed by atoms with Crippen LogP contribution in [0, 0.1) is 32.6 Å². The molecule has 0 aromatic heterocycles. The van der Waals surface area contributed by atoms with Crippen molar-refractivity contribution < 1.29 is 9.59 Å². The van der Waals surface area contributed by atoms with Crippen LogP contribution in [0.5, 0.6) is 0 Å². The van der Waals surface area contributed by atoms with E-state index >= 15 is 0 Å². The predicted octanol–water partition coefficient (Wildman–Crippen LogP) is 3.24. The quantitative estimate of drug-likeness (QED) is 0.871. The molecule has 3 nitrogen and oxygen atoms in total. The van der Waals surface area contributed by atoms with Gasteiger partial charge < -0.3 is 5.32 Å². The SMILES string of the molecule is Cc1cc(C)c(C2C(=O)CC(CC3CCNCC3)C2=O)c(C)c1. The summed E-state index contributed by atoms with van der Waals surface area (Å²) >= 11 is 0. The van der Waals surface area contributed by atoms with E-state index in [1.165, 1.54) is 5.56 Å². The molecular weight excluding hydrogens is 286 g/mol. The summed E-state index contributed by atoms with van der Waals surface area (Å²) in [4.78, 5) is 25.5. The highest BCUT2D eigenvalue weighted by Crippen LogP contribution is 2.39. The van der Waals surface area contributed by atoms with E-state index < -0.39 is 5.92 Å². The highest BCUT2D eigenvalue weighted by Gasteiger charge is 2.43. The van der Waals surface area contributed by atoms with Crippen LogP contribution in [0.3, 0.4) is 0 Å². The van der Waals surface area contributed by atoms with Crippen molar-refractivity contribution >= 4 is 11.6 Å². The third-order valence-electron chi connectivity index (χ3n) is 5.56. The Labute approximate surface area is 138 Å². The van der Waals surface area contributed by atoms with Gasteiger partial charge in [0.05, 0.1) is 0 Å². The Morgan fingerprint density at radius 3 is 2.26 bits per heavy atom. The lowest BCUT2D eigenvalue weighted by Gasteiger charge is -2.24. The first-order chi connectivity index (χ1) is 11.0. The lowest BCUT2D eigenvalue weighted by Crippen LogP contribution is -2.29. The molecule has 23 heavy (non-hydrogen) atoms. The standard InChI is InChI=1S/C20H27NO2/c1-12-8-13(2)18(14(3)9-12)19-17(22)11-16(20(19)23)10-15-4-6-21-7-5-15/h8-9,15-16,19,21H,4-7,10-11H2,1-3H3. The van der Waals surface area contributed by atoms with Crippen LogP contribution in [0.1, 0.15) is 53.9 Å². The summed E-state index contributed by atoms with van der Waals surface area (Å²) in [7, 11) is 0. The fraction of sp³-hybridized carbons (Fsp3) is 0.600. The van der Waals surface area contributed by atoms with Crippen LogP contribution in [0.25, 0.3) is 0 Å². The van der Waals surface area contributed by atoms with Crippen molar-refractivity contribution in [2.24, 2.45) is 11.8 Å². The van der Waals surface area contributed by atoms with Gasteiger partial charge in [-0.25, -0.2) is 0 Å². The molecule has 1 aliphatic carbocycles. The highest BCUT2D eigenvalue weighted by atomic mass is 16.2. The number of carbonyl (C=O) groups is 2. The minimum absolute atomic E-state index is 0.0595. The average Bonchev–Trinajstić information content (AvgIpc) is 2.75. The van der Waals surface area contributed by atoms with E-state index in [-0.39, 0.29) is 17.5 Å². The Morgan fingerprint density at radius 2 is 1.65 bits per heavy atom. The Balaban J connectivity index is 1.81. The molecule has 2 aliphatic rings. The van der Waals surface area contributed by atoms with Gasteiger partial charge in [-0.15, -0.1) is 0 Å². The number of hydrogen-bond acceptors (Lipinski definition) is 3. The maximum atomic E-state index is 12.9. The molecule has 0 amide bonds. The van der Waals surface area contributed by atoms with E-state index in [2.05, 4.69) is 24.4 Å². The molecule has 2 atom stereocenters. The first kappa shape index (κ1) is 16.4. The summed E-state index contributed by atoms with van der Waals surface area (Å²) in [5, 5.41) is 3.36. The van der Waals surface area contributed by atoms with Crippen molar-refractivity contribution in [3.8, 4) is 0 Å². The second-order valence-corrected chi connectivity index (χ2v) is 7.44. The van der Waals surface area contributed by atoms with E-state index in [1.54, 1.807) is 0 Å². The number of Topliss-reactive ketones (excluding diaryl/α,β-unsaturated/α-hetero) is 2. The highest BCUT2D eigenvalue weighted by molar-refractivity contribution is 6.14. The summed E-state index contributed by atoms with van der Waals surface area (Å²) in [6.07, 6.45) is 3.60. The van der Waals surface area contributed by atoms with Gasteiger partial charge in [0.25, 0.3) is 0 Å². The predicted molar refractivity (Wildman–Crippen MR) is 91.7 cm³/mol. The molecule has 1 heterocycles. The molecule has 1 saturated carbocycles. The fourth-order valence-corrected chi connectivity index (χ4v) is 4.52. The number of piperidine rings is 1. The first-order valence-corrected chi connectivity index (χ1v) is 8.82. The van der Waals surface area contributed by atoms with Crippen LogP contribution in [-0.4, -0.2) is 24.7 Å². The number of nitrogens with one attached hydrogen (secondary N) is 1. The minimum Gasteiger partial charge on any atom is -0.317 e. The molecule has 3 rings (SSSR count). The minimum atomic E-state index is -0.512. The third kappa shape index (κ3) is 3.25. The van der Waals surface area contributed by atoms with Crippen LogP contribution in [0.2, 0.25) is 0 Å². The zero-order valence-corrected chi connectivity index (χ0v) is 14.4. The van der Waals surface area contributed by atoms with E-state index in [1.807, 2.05) is 13.8 Å². The Hall–Kier alpha value is -1.48. The molecule has 0 bridgehead atoms. The second kappa shape index (κ2) is 6.56. The number of hydrogen-bond donors (Lipinski definition) is 1. The monoisotopic (exact) mass is 313 g/mol. The summed E-state index contributed by atoms with van der Waals surface area (Å²) < 4.78 is 0. The summed E-state index contributed by atoms with van der Waals surface area (Å²) in [6.45, 7) is 8.19. The van der Waals surface area contributed by atoms with Crippen molar-refractivity contribution in [2.45, 2.75) is 52.4 Å². The van der Waals surface area contributed by atoms with E-state index in [0.717, 1.165) is 49.0 Å². The van der Waals surface area contributed by atoms with Crippen LogP contribution in [-0.2, 0) is 9.59 Å². The average molecular weight is 313 g/mol. The molecular formula is C20H27NO2. The molecule has 1 aromatic carbocycles. The zero-order chi connectivity index (χ0) is 16.6. The van der Waals surface area contributed by atoms with Crippen LogP contribution < -0.4 is 5.32 Å². The van der Waals surface area contributed by atoms with Gasteiger partial charge >= 0.3 is 0 Å². The number of rotatable bonds is 3. The second-order valence-electron chi connectivity index (χ2n) is 7.44. The molecule has 124 valence electrons. The number of aryl methyl sites for hydroxylation is 3. The first-order valence-electron chi connectivity index (χ1n) is 8.82.